The third-order valence-corrected chi connectivity index (χ3v) is 12.1. The molecule has 0 fully saturated rings. The Kier molecular flexibility index (Phi) is 9.82. The molecule has 0 radical (unpaired) electrons. The van der Waals surface area contributed by atoms with Gasteiger partial charge in [0.2, 0.25) is 0 Å². The van der Waals surface area contributed by atoms with Crippen LogP contribution in [0.5, 0.6) is 103 Å². The van der Waals surface area contributed by atoms with E-state index in [1.165, 1.54) is 0 Å². The van der Waals surface area contributed by atoms with Gasteiger partial charge in [0.15, 0.2) is 70.1 Å². The van der Waals surface area contributed by atoms with E-state index in [0.29, 0.717) is 0 Å². The van der Waals surface area contributed by atoms with Crippen LogP contribution in [0.1, 0.15) is 74.7 Å². The molecule has 0 saturated heterocycles. The molecule has 3 aliphatic rings. The van der Waals surface area contributed by atoms with Crippen molar-refractivity contribution in [3.05, 3.63) is 105 Å². The summed E-state index contributed by atoms with van der Waals surface area (Å²) in [6, 6.07) is 8.95. The SMILES string of the molecule is Oc1cc(O)c2c(c1)O[C@H](c1cc(O)c(O)c(O)c1)[C@H](O)[C@H]2c1c(O)cc(O)c2c1O[C@H](c1cc(O)c(O)c(O)c1)[C@@H](O)[C@@H]2c1c(O)cc(O)c2c1O[C@H](c1cc(O)c(O)c(O)c1)[C@@H](O)C2. The second-order valence-corrected chi connectivity index (χ2v) is 16.1. The van der Waals surface area contributed by atoms with E-state index in [0.717, 1.165) is 60.7 Å². The van der Waals surface area contributed by atoms with E-state index < -0.39 is 169 Å². The van der Waals surface area contributed by atoms with Crippen molar-refractivity contribution in [2.45, 2.75) is 54.9 Å². The molecule has 0 bridgehead atoms. The molecule has 18 N–H and O–H groups in total. The van der Waals surface area contributed by atoms with Crippen LogP contribution in [0.2, 0.25) is 0 Å². The monoisotopic (exact) mass is 914 g/mol. The Bertz CT molecular complexity index is 2940. The van der Waals surface area contributed by atoms with E-state index in [9.17, 15) is 91.9 Å². The molecule has 21 nitrogen and oxygen atoms in total. The number of aromatic hydroxyl groups is 15. The second-order valence-electron chi connectivity index (χ2n) is 16.1. The molecule has 0 aromatic heterocycles. The standard InChI is InChI=1S/C45H38O21/c46-15-7-18(48)30-29(8-15)64-42(13-3-24(54)37(60)25(55)4-13)39(62)34(30)32-20(50)11-21(51)33-35(40(63)43(66-45(32)33)14-5-26(56)38(61)27(57)6-14)31-19(49)10-17(47)16-9-28(58)41(65-44(16)31)12-1-22(52)36(59)23(53)2-12/h1-8,10-11,28,34-35,39-43,46-63H,9H2/t28-,34+,35+,39+,40-,41+,42+,43+/m0/s1. The van der Waals surface area contributed by atoms with Gasteiger partial charge < -0.3 is 106 Å². The van der Waals surface area contributed by atoms with Crippen LogP contribution < -0.4 is 14.2 Å². The van der Waals surface area contributed by atoms with Crippen LogP contribution in [0.3, 0.4) is 0 Å². The van der Waals surface area contributed by atoms with Gasteiger partial charge in [0, 0.05) is 75.2 Å². The average molecular weight is 915 g/mol. The fourth-order valence-electron chi connectivity index (χ4n) is 9.16. The third kappa shape index (κ3) is 6.51. The molecule has 8 atom stereocenters. The number of benzene rings is 6. The van der Waals surface area contributed by atoms with E-state index in [-0.39, 0.29) is 33.6 Å². The molecule has 0 amide bonds. The first-order chi connectivity index (χ1) is 31.2. The van der Waals surface area contributed by atoms with Gasteiger partial charge in [-0.15, -0.1) is 0 Å². The van der Waals surface area contributed by atoms with Crippen LogP contribution in [-0.4, -0.2) is 110 Å². The molecule has 0 spiro atoms. The van der Waals surface area contributed by atoms with Gasteiger partial charge in [0.05, 0.1) is 17.9 Å². The van der Waals surface area contributed by atoms with Gasteiger partial charge in [0.25, 0.3) is 0 Å². The van der Waals surface area contributed by atoms with Crippen LogP contribution in [0.4, 0.5) is 0 Å². The number of aliphatic hydroxyl groups is 3. The summed E-state index contributed by atoms with van der Waals surface area (Å²) in [5.41, 5.74) is -2.62. The molecule has 344 valence electrons. The molecule has 3 heterocycles. The van der Waals surface area contributed by atoms with E-state index in [1.54, 1.807) is 0 Å². The lowest BCUT2D eigenvalue weighted by Gasteiger charge is -2.43. The number of rotatable bonds is 5. The Morgan fingerprint density at radius 3 is 1.18 bits per heavy atom. The molecular weight excluding hydrogens is 876 g/mol. The first-order valence-corrected chi connectivity index (χ1v) is 19.7. The molecule has 21 heteroatoms. The van der Waals surface area contributed by atoms with Crippen molar-refractivity contribution in [1.82, 2.24) is 0 Å². The number of ether oxygens (including phenoxy) is 3. The van der Waals surface area contributed by atoms with E-state index >= 15 is 0 Å². The average Bonchev–Trinajstić information content (AvgIpc) is 3.24. The maximum Gasteiger partial charge on any atom is 0.200 e. The van der Waals surface area contributed by atoms with E-state index in [4.69, 9.17) is 14.2 Å². The lowest BCUT2D eigenvalue weighted by molar-refractivity contribution is -0.00571. The van der Waals surface area contributed by atoms with Crippen molar-refractivity contribution in [1.29, 1.82) is 0 Å². The minimum Gasteiger partial charge on any atom is -0.508 e. The summed E-state index contributed by atoms with van der Waals surface area (Å²) in [7, 11) is 0. The predicted molar refractivity (Wildman–Crippen MR) is 219 cm³/mol. The van der Waals surface area contributed by atoms with Crippen LogP contribution in [-0.2, 0) is 6.42 Å². The lowest BCUT2D eigenvalue weighted by atomic mass is 9.73. The summed E-state index contributed by atoms with van der Waals surface area (Å²) < 4.78 is 18.6. The zero-order valence-electron chi connectivity index (χ0n) is 33.4. The van der Waals surface area contributed by atoms with Crippen LogP contribution >= 0.6 is 0 Å². The largest absolute Gasteiger partial charge is 0.508 e. The number of hydrogen-bond acceptors (Lipinski definition) is 21. The van der Waals surface area contributed by atoms with Gasteiger partial charge in [-0.1, -0.05) is 0 Å². The van der Waals surface area contributed by atoms with Crippen molar-refractivity contribution in [3.63, 3.8) is 0 Å². The summed E-state index contributed by atoms with van der Waals surface area (Å²) in [5, 5.41) is 198. The zero-order valence-corrected chi connectivity index (χ0v) is 33.4. The topological polar surface area (TPSA) is 392 Å². The van der Waals surface area contributed by atoms with Gasteiger partial charge in [-0.05, 0) is 36.4 Å². The summed E-state index contributed by atoms with van der Waals surface area (Å²) in [5.74, 6) is -17.6. The molecule has 6 aromatic rings. The van der Waals surface area contributed by atoms with Gasteiger partial charge in [-0.3, -0.25) is 0 Å². The molecule has 6 aromatic carbocycles. The Morgan fingerprint density at radius 1 is 0.348 bits per heavy atom. The van der Waals surface area contributed by atoms with Gasteiger partial charge in [-0.25, -0.2) is 0 Å². The number of phenolic OH excluding ortho intramolecular Hbond substituents is 15. The fraction of sp³-hybridized carbons (Fsp3) is 0.200. The molecule has 66 heavy (non-hydrogen) atoms. The highest BCUT2D eigenvalue weighted by Crippen LogP contribution is 2.62. The number of fused-ring (bicyclic) bond motifs is 3. The second kappa shape index (κ2) is 15.1. The Morgan fingerprint density at radius 2 is 0.712 bits per heavy atom. The van der Waals surface area contributed by atoms with Crippen molar-refractivity contribution >= 4 is 0 Å². The smallest absolute Gasteiger partial charge is 0.200 e. The maximum absolute atomic E-state index is 12.5. The fourth-order valence-corrected chi connectivity index (χ4v) is 9.16. The highest BCUT2D eigenvalue weighted by Gasteiger charge is 2.51. The molecule has 3 aliphatic heterocycles. The number of phenols is 15. The summed E-state index contributed by atoms with van der Waals surface area (Å²) in [6.07, 6.45) is -11.3. The molecule has 0 saturated carbocycles. The first-order valence-electron chi connectivity index (χ1n) is 19.7. The molecule has 9 rings (SSSR count). The Balaban J connectivity index is 1.32. The number of hydrogen-bond donors (Lipinski definition) is 18. The minimum absolute atomic E-state index is 0.131. The highest BCUT2D eigenvalue weighted by molar-refractivity contribution is 5.71. The highest BCUT2D eigenvalue weighted by atomic mass is 16.5. The quantitative estimate of drug-likeness (QED) is 0.110. The van der Waals surface area contributed by atoms with Crippen LogP contribution in [0.25, 0.3) is 0 Å². The van der Waals surface area contributed by atoms with E-state index in [2.05, 4.69) is 0 Å². The Labute approximate surface area is 369 Å². The van der Waals surface area contributed by atoms with E-state index in [1.807, 2.05) is 0 Å². The van der Waals surface area contributed by atoms with Crippen LogP contribution in [0.15, 0.2) is 60.7 Å². The van der Waals surface area contributed by atoms with Gasteiger partial charge in [0.1, 0.15) is 64.0 Å². The summed E-state index contributed by atoms with van der Waals surface area (Å²) >= 11 is 0. The molecular formula is C45H38O21. The number of aliphatic hydroxyl groups excluding tert-OH is 3. The zero-order chi connectivity index (χ0) is 47.5. The van der Waals surface area contributed by atoms with Gasteiger partial charge in [-0.2, -0.15) is 0 Å². The summed E-state index contributed by atoms with van der Waals surface area (Å²) in [4.78, 5) is 0. The predicted octanol–water partition coefficient (Wildman–Crippen LogP) is 3.56. The lowest BCUT2D eigenvalue weighted by Crippen LogP contribution is -2.39. The normalized spacial score (nSPS) is 23.1. The first kappa shape index (κ1) is 42.9. The minimum atomic E-state index is -2.09. The van der Waals surface area contributed by atoms with Crippen LogP contribution in [0, 0.1) is 0 Å². The summed E-state index contributed by atoms with van der Waals surface area (Å²) in [6.45, 7) is 0. The third-order valence-electron chi connectivity index (χ3n) is 12.1. The molecule has 0 unspecified atom stereocenters. The molecule has 0 aliphatic carbocycles. The van der Waals surface area contributed by atoms with Crippen molar-refractivity contribution < 1.29 is 106 Å². The Hall–Kier alpha value is -8.40. The van der Waals surface area contributed by atoms with Crippen molar-refractivity contribution in [2.75, 3.05) is 0 Å². The maximum atomic E-state index is 12.5. The van der Waals surface area contributed by atoms with Crippen molar-refractivity contribution in [2.24, 2.45) is 0 Å². The van der Waals surface area contributed by atoms with Crippen molar-refractivity contribution in [3.8, 4) is 103 Å². The van der Waals surface area contributed by atoms with Gasteiger partial charge >= 0.3 is 0 Å².